The minimum Gasteiger partial charge on any atom is -0.314 e. The Balaban J connectivity index is 2.41. The summed E-state index contributed by atoms with van der Waals surface area (Å²) in [6.45, 7) is 5.14. The Morgan fingerprint density at radius 2 is 2.14 bits per heavy atom. The smallest absolute Gasteiger partial charge is 0.136 e. The first-order valence-electron chi connectivity index (χ1n) is 4.84. The maximum absolute atomic E-state index is 13.2. The molecule has 0 fully saturated rings. The fourth-order valence-electron chi connectivity index (χ4n) is 1.18. The van der Waals surface area contributed by atoms with E-state index < -0.39 is 0 Å². The van der Waals surface area contributed by atoms with Crippen LogP contribution >= 0.6 is 11.8 Å². The van der Waals surface area contributed by atoms with Crippen LogP contribution in [0.5, 0.6) is 0 Å². The standard InChI is InChI=1S/C11H16FNS/c1-3-13-9(2)8-14-11-7-5-4-6-10(11)12/h4-7,9,13H,3,8H2,1-2H3. The van der Waals surface area contributed by atoms with E-state index in [-0.39, 0.29) is 5.82 Å². The third kappa shape index (κ3) is 3.68. The van der Waals surface area contributed by atoms with E-state index in [2.05, 4.69) is 19.2 Å². The van der Waals surface area contributed by atoms with Crippen molar-refractivity contribution in [3.8, 4) is 0 Å². The molecule has 0 heterocycles. The van der Waals surface area contributed by atoms with Crippen LogP contribution in [0.3, 0.4) is 0 Å². The minimum absolute atomic E-state index is 0.124. The van der Waals surface area contributed by atoms with Gasteiger partial charge in [-0.05, 0) is 25.6 Å². The summed E-state index contributed by atoms with van der Waals surface area (Å²) in [4.78, 5) is 0.734. The molecule has 0 saturated carbocycles. The van der Waals surface area contributed by atoms with Crippen LogP contribution in [0.2, 0.25) is 0 Å². The average Bonchev–Trinajstić information content (AvgIpc) is 2.17. The van der Waals surface area contributed by atoms with Crippen molar-refractivity contribution < 1.29 is 4.39 Å². The second-order valence-electron chi connectivity index (χ2n) is 3.20. The van der Waals surface area contributed by atoms with E-state index in [0.29, 0.717) is 6.04 Å². The number of hydrogen-bond donors (Lipinski definition) is 1. The van der Waals surface area contributed by atoms with Crippen molar-refractivity contribution >= 4 is 11.8 Å². The molecule has 78 valence electrons. The third-order valence-electron chi connectivity index (χ3n) is 1.88. The van der Waals surface area contributed by atoms with Gasteiger partial charge in [-0.15, -0.1) is 11.8 Å². The van der Waals surface area contributed by atoms with Crippen LogP contribution in [0.25, 0.3) is 0 Å². The number of benzene rings is 1. The van der Waals surface area contributed by atoms with Crippen molar-refractivity contribution in [1.82, 2.24) is 5.32 Å². The molecule has 0 radical (unpaired) electrons. The zero-order valence-electron chi connectivity index (χ0n) is 8.59. The summed E-state index contributed by atoms with van der Waals surface area (Å²) >= 11 is 1.56. The van der Waals surface area contributed by atoms with Crippen molar-refractivity contribution in [2.24, 2.45) is 0 Å². The molecule has 0 aromatic heterocycles. The lowest BCUT2D eigenvalue weighted by molar-refractivity contribution is 0.599. The van der Waals surface area contributed by atoms with Crippen molar-refractivity contribution in [3.63, 3.8) is 0 Å². The Morgan fingerprint density at radius 1 is 1.43 bits per heavy atom. The van der Waals surface area contributed by atoms with Gasteiger partial charge < -0.3 is 5.32 Å². The van der Waals surface area contributed by atoms with Gasteiger partial charge in [-0.1, -0.05) is 19.1 Å². The summed E-state index contributed by atoms with van der Waals surface area (Å²) in [5.74, 6) is 0.774. The molecule has 0 aliphatic carbocycles. The van der Waals surface area contributed by atoms with E-state index >= 15 is 0 Å². The Bertz CT molecular complexity index is 278. The Hall–Kier alpha value is -0.540. The molecule has 1 atom stereocenters. The van der Waals surface area contributed by atoms with Gasteiger partial charge in [0.2, 0.25) is 0 Å². The molecule has 0 bridgehead atoms. The summed E-state index contributed by atoms with van der Waals surface area (Å²) in [5.41, 5.74) is 0. The number of rotatable bonds is 5. The van der Waals surface area contributed by atoms with Crippen LogP contribution < -0.4 is 5.32 Å². The highest BCUT2D eigenvalue weighted by atomic mass is 32.2. The molecule has 1 aromatic rings. The Labute approximate surface area is 89.1 Å². The highest BCUT2D eigenvalue weighted by Crippen LogP contribution is 2.21. The van der Waals surface area contributed by atoms with Gasteiger partial charge in [-0.3, -0.25) is 0 Å². The number of halogens is 1. The van der Waals surface area contributed by atoms with E-state index in [1.807, 2.05) is 12.1 Å². The predicted molar refractivity (Wildman–Crippen MR) is 60.3 cm³/mol. The molecule has 0 spiro atoms. The summed E-state index contributed by atoms with van der Waals surface area (Å²) in [7, 11) is 0. The van der Waals surface area contributed by atoms with Crippen LogP contribution in [-0.2, 0) is 0 Å². The summed E-state index contributed by atoms with van der Waals surface area (Å²) in [5, 5.41) is 3.29. The van der Waals surface area contributed by atoms with Gasteiger partial charge in [0, 0.05) is 16.7 Å². The summed E-state index contributed by atoms with van der Waals surface area (Å²) in [6.07, 6.45) is 0. The lowest BCUT2D eigenvalue weighted by Gasteiger charge is -2.11. The van der Waals surface area contributed by atoms with Crippen LogP contribution in [0.15, 0.2) is 29.2 Å². The summed E-state index contributed by atoms with van der Waals surface area (Å²) < 4.78 is 13.2. The first-order valence-corrected chi connectivity index (χ1v) is 5.83. The molecule has 3 heteroatoms. The second-order valence-corrected chi connectivity index (χ2v) is 4.26. The molecular formula is C11H16FNS. The van der Waals surface area contributed by atoms with E-state index in [1.165, 1.54) is 6.07 Å². The largest absolute Gasteiger partial charge is 0.314 e. The highest BCUT2D eigenvalue weighted by Gasteiger charge is 2.04. The van der Waals surface area contributed by atoms with Gasteiger partial charge in [0.1, 0.15) is 5.82 Å². The lowest BCUT2D eigenvalue weighted by atomic mass is 10.3. The third-order valence-corrected chi connectivity index (χ3v) is 3.19. The molecule has 1 N–H and O–H groups in total. The van der Waals surface area contributed by atoms with E-state index in [1.54, 1.807) is 17.8 Å². The first kappa shape index (κ1) is 11.5. The van der Waals surface area contributed by atoms with Crippen LogP contribution in [0.1, 0.15) is 13.8 Å². The van der Waals surface area contributed by atoms with Crippen molar-refractivity contribution in [3.05, 3.63) is 30.1 Å². The van der Waals surface area contributed by atoms with E-state index in [9.17, 15) is 4.39 Å². The van der Waals surface area contributed by atoms with Crippen LogP contribution in [0.4, 0.5) is 4.39 Å². The van der Waals surface area contributed by atoms with E-state index in [4.69, 9.17) is 0 Å². The monoisotopic (exact) mass is 213 g/mol. The maximum atomic E-state index is 13.2. The molecule has 1 rings (SSSR count). The Kier molecular flexibility index (Phi) is 4.98. The zero-order chi connectivity index (χ0) is 10.4. The van der Waals surface area contributed by atoms with Crippen LogP contribution in [-0.4, -0.2) is 18.3 Å². The predicted octanol–water partition coefficient (Wildman–Crippen LogP) is 2.92. The van der Waals surface area contributed by atoms with Gasteiger partial charge in [0.25, 0.3) is 0 Å². The molecule has 14 heavy (non-hydrogen) atoms. The number of nitrogens with one attached hydrogen (secondary N) is 1. The minimum atomic E-state index is -0.124. The van der Waals surface area contributed by atoms with Crippen molar-refractivity contribution in [2.45, 2.75) is 24.8 Å². The SMILES string of the molecule is CCNC(C)CSc1ccccc1F. The number of hydrogen-bond acceptors (Lipinski definition) is 2. The zero-order valence-corrected chi connectivity index (χ0v) is 9.40. The second kappa shape index (κ2) is 6.04. The van der Waals surface area contributed by atoms with Gasteiger partial charge in [0.05, 0.1) is 0 Å². The lowest BCUT2D eigenvalue weighted by Crippen LogP contribution is -2.27. The van der Waals surface area contributed by atoms with Crippen molar-refractivity contribution in [1.29, 1.82) is 0 Å². The molecule has 0 amide bonds. The molecule has 0 saturated heterocycles. The van der Waals surface area contributed by atoms with Gasteiger partial charge >= 0.3 is 0 Å². The van der Waals surface area contributed by atoms with Gasteiger partial charge in [-0.25, -0.2) is 4.39 Å². The molecular weight excluding hydrogens is 197 g/mol. The molecule has 1 unspecified atom stereocenters. The first-order chi connectivity index (χ1) is 6.74. The summed E-state index contributed by atoms with van der Waals surface area (Å²) in [6, 6.07) is 7.32. The van der Waals surface area contributed by atoms with Gasteiger partial charge in [0.15, 0.2) is 0 Å². The molecule has 1 aromatic carbocycles. The Morgan fingerprint density at radius 3 is 2.79 bits per heavy atom. The average molecular weight is 213 g/mol. The fourth-order valence-corrected chi connectivity index (χ4v) is 2.11. The number of thioether (sulfide) groups is 1. The normalized spacial score (nSPS) is 12.8. The van der Waals surface area contributed by atoms with Gasteiger partial charge in [-0.2, -0.15) is 0 Å². The molecule has 0 aliphatic heterocycles. The van der Waals surface area contributed by atoms with Crippen LogP contribution in [0, 0.1) is 5.82 Å². The van der Waals surface area contributed by atoms with Crippen molar-refractivity contribution in [2.75, 3.05) is 12.3 Å². The quantitative estimate of drug-likeness (QED) is 0.755. The highest BCUT2D eigenvalue weighted by molar-refractivity contribution is 7.99. The molecule has 1 nitrogen and oxygen atoms in total. The maximum Gasteiger partial charge on any atom is 0.136 e. The topological polar surface area (TPSA) is 12.0 Å². The fraction of sp³-hybridized carbons (Fsp3) is 0.455. The molecule has 0 aliphatic rings. The van der Waals surface area contributed by atoms with E-state index in [0.717, 1.165) is 17.2 Å².